The number of anilines is 2. The van der Waals surface area contributed by atoms with Crippen molar-refractivity contribution in [1.82, 2.24) is 0 Å². The summed E-state index contributed by atoms with van der Waals surface area (Å²) in [5.74, 6) is 0.0296. The number of hydrogen-bond acceptors (Lipinski definition) is 3. The molecule has 110 valence electrons. The third-order valence-corrected chi connectivity index (χ3v) is 5.05. The van der Waals surface area contributed by atoms with Crippen LogP contribution in [0.3, 0.4) is 0 Å². The molecule has 3 nitrogen and oxygen atoms in total. The average molecular weight is 321 g/mol. The average Bonchev–Trinajstić information content (AvgIpc) is 2.92. The SMILES string of the molecule is CCN1c2ccccc2N(C(=O)c2ccc(Cl)s2)CC1C. The number of carbonyl (C=O) groups excluding carboxylic acids is 1. The zero-order valence-corrected chi connectivity index (χ0v) is 13.6. The number of thiophene rings is 1. The number of likely N-dealkylation sites (N-methyl/N-ethyl adjacent to an activating group) is 1. The number of para-hydroxylation sites is 2. The van der Waals surface area contributed by atoms with Gasteiger partial charge in [0.1, 0.15) is 0 Å². The fourth-order valence-electron chi connectivity index (χ4n) is 2.87. The largest absolute Gasteiger partial charge is 0.366 e. The van der Waals surface area contributed by atoms with Gasteiger partial charge >= 0.3 is 0 Å². The highest BCUT2D eigenvalue weighted by Gasteiger charge is 2.31. The lowest BCUT2D eigenvalue weighted by Gasteiger charge is -2.41. The maximum absolute atomic E-state index is 12.8. The number of benzene rings is 1. The number of carbonyl (C=O) groups is 1. The summed E-state index contributed by atoms with van der Waals surface area (Å²) in [6.45, 7) is 5.93. The van der Waals surface area contributed by atoms with Crippen molar-refractivity contribution in [3.8, 4) is 0 Å². The van der Waals surface area contributed by atoms with E-state index in [1.807, 2.05) is 23.1 Å². The van der Waals surface area contributed by atoms with Gasteiger partial charge in [-0.05, 0) is 38.1 Å². The van der Waals surface area contributed by atoms with Gasteiger partial charge in [-0.3, -0.25) is 4.79 Å². The van der Waals surface area contributed by atoms with Gasteiger partial charge in [0.2, 0.25) is 0 Å². The first-order valence-corrected chi connectivity index (χ1v) is 8.24. The van der Waals surface area contributed by atoms with Gasteiger partial charge in [-0.15, -0.1) is 11.3 Å². The molecule has 0 fully saturated rings. The van der Waals surface area contributed by atoms with E-state index in [0.29, 0.717) is 21.8 Å². The van der Waals surface area contributed by atoms with E-state index >= 15 is 0 Å². The molecule has 0 radical (unpaired) electrons. The highest BCUT2D eigenvalue weighted by atomic mass is 35.5. The Kier molecular flexibility index (Phi) is 3.91. The Balaban J connectivity index is 2.02. The molecular formula is C16H17ClN2OS. The molecule has 2 aromatic rings. The molecule has 1 aliphatic heterocycles. The predicted octanol–water partition coefficient (Wildman–Crippen LogP) is 4.28. The number of fused-ring (bicyclic) bond motifs is 1. The molecule has 2 heterocycles. The van der Waals surface area contributed by atoms with Crippen molar-refractivity contribution in [2.24, 2.45) is 0 Å². The van der Waals surface area contributed by atoms with Crippen LogP contribution in [0.4, 0.5) is 11.4 Å². The van der Waals surface area contributed by atoms with Crippen molar-refractivity contribution in [3.63, 3.8) is 0 Å². The summed E-state index contributed by atoms with van der Waals surface area (Å²) in [6.07, 6.45) is 0. The highest BCUT2D eigenvalue weighted by Crippen LogP contribution is 2.36. The molecule has 0 aliphatic carbocycles. The molecular weight excluding hydrogens is 304 g/mol. The van der Waals surface area contributed by atoms with Crippen LogP contribution in [0.15, 0.2) is 36.4 Å². The first kappa shape index (κ1) is 14.4. The molecule has 0 bridgehead atoms. The van der Waals surface area contributed by atoms with Gasteiger partial charge in [-0.1, -0.05) is 23.7 Å². The second kappa shape index (κ2) is 5.70. The van der Waals surface area contributed by atoms with Crippen LogP contribution in [0.2, 0.25) is 4.34 Å². The summed E-state index contributed by atoms with van der Waals surface area (Å²) in [4.78, 5) is 17.7. The zero-order chi connectivity index (χ0) is 15.0. The van der Waals surface area contributed by atoms with Gasteiger partial charge in [-0.2, -0.15) is 0 Å². The van der Waals surface area contributed by atoms with Gasteiger partial charge in [0, 0.05) is 19.1 Å². The molecule has 21 heavy (non-hydrogen) atoms. The molecule has 5 heteroatoms. The summed E-state index contributed by atoms with van der Waals surface area (Å²) in [6, 6.07) is 12.0. The molecule has 1 aliphatic rings. The smallest absolute Gasteiger partial charge is 0.268 e. The number of amides is 1. The first-order valence-electron chi connectivity index (χ1n) is 7.04. The Hall–Kier alpha value is -1.52. The molecule has 0 saturated carbocycles. The fraction of sp³-hybridized carbons (Fsp3) is 0.312. The minimum absolute atomic E-state index is 0.0296. The van der Waals surface area contributed by atoms with Crippen molar-refractivity contribution in [1.29, 1.82) is 0 Å². The molecule has 1 amide bonds. The van der Waals surface area contributed by atoms with E-state index in [-0.39, 0.29) is 5.91 Å². The van der Waals surface area contributed by atoms with Crippen LogP contribution in [-0.4, -0.2) is 25.0 Å². The third-order valence-electron chi connectivity index (χ3n) is 3.83. The summed E-state index contributed by atoms with van der Waals surface area (Å²) in [5, 5.41) is 0. The van der Waals surface area contributed by atoms with Crippen molar-refractivity contribution in [2.45, 2.75) is 19.9 Å². The van der Waals surface area contributed by atoms with E-state index in [1.165, 1.54) is 11.3 Å². The second-order valence-corrected chi connectivity index (χ2v) is 6.86. The topological polar surface area (TPSA) is 23.6 Å². The van der Waals surface area contributed by atoms with E-state index in [0.717, 1.165) is 17.9 Å². The Bertz CT molecular complexity index is 670. The lowest BCUT2D eigenvalue weighted by atomic mass is 10.1. The summed E-state index contributed by atoms with van der Waals surface area (Å²) < 4.78 is 0.645. The van der Waals surface area contributed by atoms with E-state index in [2.05, 4.69) is 24.8 Å². The normalized spacial score (nSPS) is 17.8. The number of halogens is 1. The van der Waals surface area contributed by atoms with Crippen molar-refractivity contribution < 1.29 is 4.79 Å². The molecule has 1 atom stereocenters. The Morgan fingerprint density at radius 3 is 2.62 bits per heavy atom. The molecule has 0 N–H and O–H groups in total. The monoisotopic (exact) mass is 320 g/mol. The van der Waals surface area contributed by atoms with Crippen LogP contribution in [0, 0.1) is 0 Å². The van der Waals surface area contributed by atoms with E-state index < -0.39 is 0 Å². The molecule has 0 spiro atoms. The minimum atomic E-state index is 0.0296. The lowest BCUT2D eigenvalue weighted by molar-refractivity contribution is 0.0988. The summed E-state index contributed by atoms with van der Waals surface area (Å²) in [7, 11) is 0. The molecule has 1 aromatic carbocycles. The maximum atomic E-state index is 12.8. The van der Waals surface area contributed by atoms with Crippen molar-refractivity contribution in [2.75, 3.05) is 22.9 Å². The lowest BCUT2D eigenvalue weighted by Crippen LogP contribution is -2.49. The fourth-order valence-corrected chi connectivity index (χ4v) is 3.86. The zero-order valence-electron chi connectivity index (χ0n) is 12.0. The maximum Gasteiger partial charge on any atom is 0.268 e. The third kappa shape index (κ3) is 2.54. The van der Waals surface area contributed by atoms with E-state index in [9.17, 15) is 4.79 Å². The van der Waals surface area contributed by atoms with Gasteiger partial charge in [0.05, 0.1) is 20.6 Å². The van der Waals surface area contributed by atoms with Crippen LogP contribution >= 0.6 is 22.9 Å². The number of hydrogen-bond donors (Lipinski definition) is 0. The Labute approximate surface area is 133 Å². The van der Waals surface area contributed by atoms with Gasteiger partial charge in [-0.25, -0.2) is 0 Å². The van der Waals surface area contributed by atoms with Crippen LogP contribution in [-0.2, 0) is 0 Å². The molecule has 0 saturated heterocycles. The highest BCUT2D eigenvalue weighted by molar-refractivity contribution is 7.18. The molecule has 1 unspecified atom stereocenters. The van der Waals surface area contributed by atoms with Crippen LogP contribution in [0.1, 0.15) is 23.5 Å². The van der Waals surface area contributed by atoms with Crippen LogP contribution < -0.4 is 9.80 Å². The summed E-state index contributed by atoms with van der Waals surface area (Å²) >= 11 is 7.29. The van der Waals surface area contributed by atoms with E-state index in [1.54, 1.807) is 12.1 Å². The number of rotatable bonds is 2. The predicted molar refractivity (Wildman–Crippen MR) is 89.9 cm³/mol. The van der Waals surface area contributed by atoms with Gasteiger partial charge in [0.15, 0.2) is 0 Å². The summed E-state index contributed by atoms with van der Waals surface area (Å²) in [5.41, 5.74) is 2.10. The van der Waals surface area contributed by atoms with Gasteiger partial charge in [0.25, 0.3) is 5.91 Å². The minimum Gasteiger partial charge on any atom is -0.366 e. The van der Waals surface area contributed by atoms with E-state index in [4.69, 9.17) is 11.6 Å². The first-order chi connectivity index (χ1) is 10.1. The van der Waals surface area contributed by atoms with Crippen LogP contribution in [0.5, 0.6) is 0 Å². The quantitative estimate of drug-likeness (QED) is 0.824. The Morgan fingerprint density at radius 1 is 1.29 bits per heavy atom. The second-order valence-electron chi connectivity index (χ2n) is 5.14. The Morgan fingerprint density at radius 2 is 2.00 bits per heavy atom. The number of nitrogens with zero attached hydrogens (tertiary/aromatic N) is 2. The van der Waals surface area contributed by atoms with Crippen molar-refractivity contribution in [3.05, 3.63) is 45.6 Å². The van der Waals surface area contributed by atoms with Crippen LogP contribution in [0.25, 0.3) is 0 Å². The molecule has 3 rings (SSSR count). The van der Waals surface area contributed by atoms with Crippen molar-refractivity contribution >= 4 is 40.2 Å². The standard InChI is InChI=1S/C16H17ClN2OS/c1-3-18-11(2)10-19(13-7-5-4-6-12(13)18)16(20)14-8-9-15(17)21-14/h4-9,11H,3,10H2,1-2H3. The molecule has 1 aromatic heterocycles. The van der Waals surface area contributed by atoms with Gasteiger partial charge < -0.3 is 9.80 Å².